The minimum Gasteiger partial charge on any atom is -0.465 e. The van der Waals surface area contributed by atoms with Crippen LogP contribution in [0.4, 0.5) is 0 Å². The average Bonchev–Trinajstić information content (AvgIpc) is 2.97. The highest BCUT2D eigenvalue weighted by atomic mass is 32.2. The molecule has 2 fully saturated rings. The molecule has 1 spiro atoms. The van der Waals surface area contributed by atoms with Gasteiger partial charge in [0.15, 0.2) is 0 Å². The first-order valence-corrected chi connectivity index (χ1v) is 8.16. The van der Waals surface area contributed by atoms with E-state index in [-0.39, 0.29) is 4.90 Å². The lowest BCUT2D eigenvalue weighted by Gasteiger charge is -2.38. The van der Waals surface area contributed by atoms with E-state index in [0.29, 0.717) is 44.4 Å². The molecule has 3 rings (SSSR count). The van der Waals surface area contributed by atoms with Gasteiger partial charge < -0.3 is 13.9 Å². The van der Waals surface area contributed by atoms with E-state index in [1.54, 1.807) is 19.9 Å². The monoisotopic (exact) mass is 301 g/mol. The van der Waals surface area contributed by atoms with Crippen molar-refractivity contribution in [3.05, 3.63) is 17.6 Å². The van der Waals surface area contributed by atoms with Crippen molar-refractivity contribution in [2.24, 2.45) is 0 Å². The summed E-state index contributed by atoms with van der Waals surface area (Å²) in [6.45, 7) is 5.62. The number of morpholine rings is 1. The largest absolute Gasteiger partial charge is 0.465 e. The predicted molar refractivity (Wildman–Crippen MR) is 71.1 cm³/mol. The van der Waals surface area contributed by atoms with E-state index >= 15 is 0 Å². The van der Waals surface area contributed by atoms with Gasteiger partial charge in [-0.15, -0.1) is 0 Å². The summed E-state index contributed by atoms with van der Waals surface area (Å²) >= 11 is 0. The Morgan fingerprint density at radius 1 is 1.30 bits per heavy atom. The predicted octanol–water partition coefficient (Wildman–Crippen LogP) is 1.08. The van der Waals surface area contributed by atoms with Crippen molar-refractivity contribution >= 4 is 10.0 Å². The summed E-state index contributed by atoms with van der Waals surface area (Å²) in [6.07, 6.45) is 0.739. The van der Waals surface area contributed by atoms with Gasteiger partial charge in [-0.3, -0.25) is 0 Å². The lowest BCUT2D eigenvalue weighted by Crippen LogP contribution is -2.54. The molecule has 1 atom stereocenters. The lowest BCUT2D eigenvalue weighted by molar-refractivity contribution is -0.0897. The topological polar surface area (TPSA) is 69.0 Å². The zero-order chi connectivity index (χ0) is 14.4. The maximum atomic E-state index is 12.7. The first-order valence-electron chi connectivity index (χ1n) is 6.72. The van der Waals surface area contributed by atoms with Crippen LogP contribution in [0.5, 0.6) is 0 Å². The number of rotatable bonds is 2. The molecular formula is C13H19NO5S. The Morgan fingerprint density at radius 2 is 2.10 bits per heavy atom. The Bertz CT molecular complexity index is 600. The zero-order valence-electron chi connectivity index (χ0n) is 11.7. The smallest absolute Gasteiger partial charge is 0.246 e. The standard InChI is InChI=1S/C13H19NO5S/c1-10-7-12(11(2)19-10)20(15,16)14-4-6-18-13(8-14)3-5-17-9-13/h7H,3-6,8-9H2,1-2H3/t13-/m1/s1. The van der Waals surface area contributed by atoms with E-state index in [2.05, 4.69) is 0 Å². The SMILES string of the molecule is Cc1cc(S(=O)(=O)N2CCO[C@]3(CCOC3)C2)c(C)o1. The molecule has 0 saturated carbocycles. The summed E-state index contributed by atoms with van der Waals surface area (Å²) in [5.41, 5.74) is -0.474. The maximum Gasteiger partial charge on any atom is 0.246 e. The molecule has 7 heteroatoms. The van der Waals surface area contributed by atoms with Gasteiger partial charge >= 0.3 is 0 Å². The molecule has 0 radical (unpaired) electrons. The Labute approximate surface area is 118 Å². The molecule has 1 aromatic rings. The number of ether oxygens (including phenoxy) is 2. The van der Waals surface area contributed by atoms with E-state index in [9.17, 15) is 8.42 Å². The molecule has 3 heterocycles. The van der Waals surface area contributed by atoms with Crippen LogP contribution in [0, 0.1) is 13.8 Å². The summed E-state index contributed by atoms with van der Waals surface area (Å²) in [5.74, 6) is 1.04. The number of aryl methyl sites for hydroxylation is 2. The first-order chi connectivity index (χ1) is 9.43. The quantitative estimate of drug-likeness (QED) is 0.817. The van der Waals surface area contributed by atoms with Gasteiger partial charge in [-0.25, -0.2) is 8.42 Å². The maximum absolute atomic E-state index is 12.7. The third kappa shape index (κ3) is 2.28. The molecule has 112 valence electrons. The van der Waals surface area contributed by atoms with E-state index < -0.39 is 15.6 Å². The van der Waals surface area contributed by atoms with Gasteiger partial charge in [-0.05, 0) is 19.9 Å². The van der Waals surface area contributed by atoms with Crippen LogP contribution in [0.1, 0.15) is 17.9 Å². The highest BCUT2D eigenvalue weighted by Gasteiger charge is 2.44. The first kappa shape index (κ1) is 14.1. The van der Waals surface area contributed by atoms with Crippen LogP contribution >= 0.6 is 0 Å². The Balaban J connectivity index is 1.89. The van der Waals surface area contributed by atoms with Crippen molar-refractivity contribution in [2.75, 3.05) is 32.9 Å². The molecule has 2 aliphatic heterocycles. The van der Waals surface area contributed by atoms with Gasteiger partial charge in [-0.1, -0.05) is 0 Å². The van der Waals surface area contributed by atoms with Crippen LogP contribution in [0.3, 0.4) is 0 Å². The summed E-state index contributed by atoms with van der Waals surface area (Å²) < 4.78 is 43.4. The van der Waals surface area contributed by atoms with Crippen molar-refractivity contribution in [2.45, 2.75) is 30.8 Å². The number of nitrogens with zero attached hydrogens (tertiary/aromatic N) is 1. The second-order valence-corrected chi connectivity index (χ2v) is 7.36. The van der Waals surface area contributed by atoms with E-state index in [4.69, 9.17) is 13.9 Å². The van der Waals surface area contributed by atoms with Crippen LogP contribution in [-0.2, 0) is 19.5 Å². The fourth-order valence-corrected chi connectivity index (χ4v) is 4.56. The molecule has 6 nitrogen and oxygen atoms in total. The summed E-state index contributed by atoms with van der Waals surface area (Å²) in [6, 6.07) is 1.58. The third-order valence-corrected chi connectivity index (χ3v) is 5.85. The summed E-state index contributed by atoms with van der Waals surface area (Å²) in [4.78, 5) is 0.256. The Morgan fingerprint density at radius 3 is 2.70 bits per heavy atom. The molecule has 0 aliphatic carbocycles. The zero-order valence-corrected chi connectivity index (χ0v) is 12.5. The molecule has 2 aliphatic rings. The van der Waals surface area contributed by atoms with Crippen LogP contribution in [0.25, 0.3) is 0 Å². The van der Waals surface area contributed by atoms with Crippen LogP contribution in [0.2, 0.25) is 0 Å². The van der Waals surface area contributed by atoms with Gasteiger partial charge in [0.25, 0.3) is 0 Å². The minimum atomic E-state index is -3.53. The van der Waals surface area contributed by atoms with Gasteiger partial charge in [0, 0.05) is 26.1 Å². The fraction of sp³-hybridized carbons (Fsp3) is 0.692. The number of sulfonamides is 1. The minimum absolute atomic E-state index is 0.256. The second-order valence-electron chi connectivity index (χ2n) is 5.45. The molecule has 0 amide bonds. The molecule has 0 bridgehead atoms. The Hall–Kier alpha value is -0.890. The van der Waals surface area contributed by atoms with Crippen LogP contribution in [-0.4, -0.2) is 51.2 Å². The van der Waals surface area contributed by atoms with Crippen molar-refractivity contribution in [3.8, 4) is 0 Å². The molecule has 0 unspecified atom stereocenters. The number of hydrogen-bond acceptors (Lipinski definition) is 5. The van der Waals surface area contributed by atoms with Gasteiger partial charge in [0.05, 0.1) is 13.2 Å². The van der Waals surface area contributed by atoms with E-state index in [0.717, 1.165) is 6.42 Å². The fourth-order valence-electron chi connectivity index (χ4n) is 2.84. The van der Waals surface area contributed by atoms with Gasteiger partial charge in [0.2, 0.25) is 10.0 Å². The Kier molecular flexibility index (Phi) is 3.40. The summed E-state index contributed by atoms with van der Waals surface area (Å²) in [5, 5.41) is 0. The van der Waals surface area contributed by atoms with Crippen molar-refractivity contribution in [1.82, 2.24) is 4.31 Å². The number of hydrogen-bond donors (Lipinski definition) is 0. The molecular weight excluding hydrogens is 282 g/mol. The van der Waals surface area contributed by atoms with Crippen molar-refractivity contribution < 1.29 is 22.3 Å². The second kappa shape index (κ2) is 4.84. The third-order valence-electron chi connectivity index (χ3n) is 3.89. The normalized spacial score (nSPS) is 28.3. The highest BCUT2D eigenvalue weighted by molar-refractivity contribution is 7.89. The molecule has 2 saturated heterocycles. The van der Waals surface area contributed by atoms with Crippen LogP contribution < -0.4 is 0 Å². The van der Waals surface area contributed by atoms with Gasteiger partial charge in [-0.2, -0.15) is 4.31 Å². The molecule has 0 aromatic carbocycles. The lowest BCUT2D eigenvalue weighted by atomic mass is 10.0. The van der Waals surface area contributed by atoms with E-state index in [1.807, 2.05) is 0 Å². The average molecular weight is 301 g/mol. The van der Waals surface area contributed by atoms with Crippen LogP contribution in [0.15, 0.2) is 15.4 Å². The molecule has 0 N–H and O–H groups in total. The van der Waals surface area contributed by atoms with E-state index in [1.165, 1.54) is 4.31 Å². The van der Waals surface area contributed by atoms with Crippen molar-refractivity contribution in [1.29, 1.82) is 0 Å². The summed E-state index contributed by atoms with van der Waals surface area (Å²) in [7, 11) is -3.53. The van der Waals surface area contributed by atoms with Gasteiger partial charge in [0.1, 0.15) is 22.0 Å². The van der Waals surface area contributed by atoms with Crippen molar-refractivity contribution in [3.63, 3.8) is 0 Å². The molecule has 20 heavy (non-hydrogen) atoms. The highest BCUT2D eigenvalue weighted by Crippen LogP contribution is 2.31. The molecule has 1 aromatic heterocycles. The number of furan rings is 1.